The molecule has 186 valence electrons. The van der Waals surface area contributed by atoms with E-state index in [1.807, 2.05) is 4.90 Å². The number of ketones is 1. The monoisotopic (exact) mass is 500 g/mol. The van der Waals surface area contributed by atoms with Gasteiger partial charge in [-0.1, -0.05) is 12.2 Å². The molecule has 0 saturated carbocycles. The van der Waals surface area contributed by atoms with Gasteiger partial charge in [0.05, 0.1) is 43.1 Å². The number of carbonyl (C=O) groups is 2. The molecule has 0 aromatic heterocycles. The van der Waals surface area contributed by atoms with Crippen molar-refractivity contribution in [3.8, 4) is 5.75 Å². The summed E-state index contributed by atoms with van der Waals surface area (Å²) in [4.78, 5) is 30.9. The second-order valence-corrected chi connectivity index (χ2v) is 9.22. The SMILES string of the molecule is COc1ccc(C(=O)CN2CCN(c3ccc(N4C[C@H](CNC(C)=S)OC4=O)cc3F)CC2)cc1. The van der Waals surface area contributed by atoms with Gasteiger partial charge in [-0.3, -0.25) is 14.6 Å². The number of benzene rings is 2. The summed E-state index contributed by atoms with van der Waals surface area (Å²) < 4.78 is 25.5. The first-order chi connectivity index (χ1) is 16.8. The maximum Gasteiger partial charge on any atom is 0.414 e. The standard InChI is InChI=1S/C25H29FN4O4S/c1-17(35)27-14-21-15-30(25(32)34-21)19-5-8-23(22(26)13-19)29-11-9-28(10-12-29)16-24(31)18-3-6-20(33-2)7-4-18/h3-8,13,21H,9-12,14-16H2,1-2H3,(H,27,35)/t21-/m0/s1. The van der Waals surface area contributed by atoms with Crippen molar-refractivity contribution in [3.63, 3.8) is 0 Å². The van der Waals surface area contributed by atoms with Gasteiger partial charge in [-0.15, -0.1) is 0 Å². The van der Waals surface area contributed by atoms with Crippen LogP contribution < -0.4 is 19.9 Å². The van der Waals surface area contributed by atoms with Gasteiger partial charge in [0.15, 0.2) is 5.78 Å². The predicted octanol–water partition coefficient (Wildman–Crippen LogP) is 3.10. The van der Waals surface area contributed by atoms with E-state index < -0.39 is 11.9 Å². The second-order valence-electron chi connectivity index (χ2n) is 8.60. The van der Waals surface area contributed by atoms with Gasteiger partial charge < -0.3 is 19.7 Å². The van der Waals surface area contributed by atoms with Crippen LogP contribution in [0.4, 0.5) is 20.6 Å². The van der Waals surface area contributed by atoms with E-state index in [1.54, 1.807) is 50.4 Å². The normalized spacial score (nSPS) is 18.4. The summed E-state index contributed by atoms with van der Waals surface area (Å²) in [6.45, 7) is 5.32. The zero-order valence-corrected chi connectivity index (χ0v) is 20.6. The third-order valence-corrected chi connectivity index (χ3v) is 6.33. The molecule has 0 spiro atoms. The lowest BCUT2D eigenvalue weighted by Gasteiger charge is -2.36. The van der Waals surface area contributed by atoms with E-state index in [2.05, 4.69) is 10.2 Å². The average molecular weight is 501 g/mol. The first-order valence-corrected chi connectivity index (χ1v) is 11.9. The molecule has 2 saturated heterocycles. The number of rotatable bonds is 8. The number of hydrogen-bond donors (Lipinski definition) is 1. The zero-order chi connectivity index (χ0) is 24.9. The van der Waals surface area contributed by atoms with Gasteiger partial charge in [0.2, 0.25) is 0 Å². The Morgan fingerprint density at radius 3 is 2.51 bits per heavy atom. The minimum atomic E-state index is -0.499. The number of cyclic esters (lactones) is 1. The van der Waals surface area contributed by atoms with Crippen LogP contribution in [0.1, 0.15) is 17.3 Å². The van der Waals surface area contributed by atoms with E-state index >= 15 is 4.39 Å². The summed E-state index contributed by atoms with van der Waals surface area (Å²) in [5.41, 5.74) is 1.59. The molecule has 0 bridgehead atoms. The third kappa shape index (κ3) is 6.07. The fourth-order valence-corrected chi connectivity index (χ4v) is 4.32. The van der Waals surface area contributed by atoms with Crippen LogP contribution in [0.5, 0.6) is 5.75 Å². The smallest absolute Gasteiger partial charge is 0.414 e. The molecular formula is C25H29FN4O4S. The second kappa shape index (κ2) is 11.0. The van der Waals surface area contributed by atoms with Gasteiger partial charge >= 0.3 is 6.09 Å². The third-order valence-electron chi connectivity index (χ3n) is 6.19. The van der Waals surface area contributed by atoms with Gasteiger partial charge in [0, 0.05) is 31.7 Å². The lowest BCUT2D eigenvalue weighted by atomic mass is 10.1. The fourth-order valence-electron chi connectivity index (χ4n) is 4.23. The highest BCUT2D eigenvalue weighted by Crippen LogP contribution is 2.28. The number of ether oxygens (including phenoxy) is 2. The first kappa shape index (κ1) is 24.9. The number of piperazine rings is 1. The Balaban J connectivity index is 1.31. The van der Waals surface area contributed by atoms with Crippen LogP contribution in [0.15, 0.2) is 42.5 Å². The lowest BCUT2D eigenvalue weighted by molar-refractivity contribution is 0.0926. The van der Waals surface area contributed by atoms with E-state index in [9.17, 15) is 9.59 Å². The topological polar surface area (TPSA) is 74.3 Å². The van der Waals surface area contributed by atoms with Gasteiger partial charge in [0.1, 0.15) is 17.7 Å². The molecule has 0 radical (unpaired) electrons. The molecule has 1 amide bonds. The van der Waals surface area contributed by atoms with Crippen molar-refractivity contribution < 1.29 is 23.5 Å². The summed E-state index contributed by atoms with van der Waals surface area (Å²) in [7, 11) is 1.59. The molecule has 1 atom stereocenters. The molecule has 2 aromatic carbocycles. The van der Waals surface area contributed by atoms with Crippen LogP contribution >= 0.6 is 12.2 Å². The predicted molar refractivity (Wildman–Crippen MR) is 136 cm³/mol. The van der Waals surface area contributed by atoms with E-state index in [4.69, 9.17) is 21.7 Å². The van der Waals surface area contributed by atoms with E-state index in [1.165, 1.54) is 11.0 Å². The minimum Gasteiger partial charge on any atom is -0.497 e. The number of anilines is 2. The van der Waals surface area contributed by atoms with Crippen molar-refractivity contribution in [1.82, 2.24) is 10.2 Å². The Bertz CT molecular complexity index is 1090. The van der Waals surface area contributed by atoms with Crippen LogP contribution in [-0.2, 0) is 4.74 Å². The molecule has 1 N–H and O–H groups in total. The molecule has 2 heterocycles. The number of amides is 1. The van der Waals surface area contributed by atoms with Gasteiger partial charge in [-0.2, -0.15) is 0 Å². The van der Waals surface area contributed by atoms with Gasteiger partial charge in [0.25, 0.3) is 0 Å². The minimum absolute atomic E-state index is 0.0448. The number of nitrogens with one attached hydrogen (secondary N) is 1. The van der Waals surface area contributed by atoms with Crippen LogP contribution in [0, 0.1) is 5.82 Å². The van der Waals surface area contributed by atoms with Crippen molar-refractivity contribution in [3.05, 3.63) is 53.8 Å². The summed E-state index contributed by atoms with van der Waals surface area (Å²) in [5.74, 6) is 0.362. The molecule has 2 aliphatic heterocycles. The Kier molecular flexibility index (Phi) is 7.82. The number of halogens is 1. The van der Waals surface area contributed by atoms with Crippen LogP contribution in [0.3, 0.4) is 0 Å². The average Bonchev–Trinajstić information content (AvgIpc) is 3.23. The maximum atomic E-state index is 15.0. The highest BCUT2D eigenvalue weighted by Gasteiger charge is 2.33. The molecule has 2 aliphatic rings. The number of nitrogens with zero attached hydrogens (tertiary/aromatic N) is 3. The van der Waals surface area contributed by atoms with E-state index in [0.29, 0.717) is 73.5 Å². The summed E-state index contributed by atoms with van der Waals surface area (Å²) in [5, 5.41) is 2.99. The molecule has 0 unspecified atom stereocenters. The van der Waals surface area contributed by atoms with Gasteiger partial charge in [-0.05, 0) is 49.4 Å². The Morgan fingerprint density at radius 2 is 1.89 bits per heavy atom. The molecule has 10 heteroatoms. The van der Waals surface area contributed by atoms with Crippen LogP contribution in [0.2, 0.25) is 0 Å². The summed E-state index contributed by atoms with van der Waals surface area (Å²) >= 11 is 4.99. The Hall–Kier alpha value is -3.24. The van der Waals surface area contributed by atoms with Crippen molar-refractivity contribution in [2.75, 3.05) is 62.7 Å². The lowest BCUT2D eigenvalue weighted by Crippen LogP contribution is -2.48. The van der Waals surface area contributed by atoms with E-state index in [0.717, 1.165) is 0 Å². The number of thiocarbonyl (C=S) groups is 1. The molecule has 0 aliphatic carbocycles. The molecule has 4 rings (SSSR count). The largest absolute Gasteiger partial charge is 0.497 e. The highest BCUT2D eigenvalue weighted by atomic mass is 32.1. The van der Waals surface area contributed by atoms with Crippen molar-refractivity contribution >= 4 is 40.5 Å². The molecule has 8 nitrogen and oxygen atoms in total. The van der Waals surface area contributed by atoms with Crippen molar-refractivity contribution in [2.45, 2.75) is 13.0 Å². The molecule has 2 fully saturated rings. The summed E-state index contributed by atoms with van der Waals surface area (Å²) in [6, 6.07) is 11.9. The maximum absolute atomic E-state index is 15.0. The van der Waals surface area contributed by atoms with Crippen molar-refractivity contribution in [2.24, 2.45) is 0 Å². The number of methoxy groups -OCH3 is 1. The van der Waals surface area contributed by atoms with Crippen molar-refractivity contribution in [1.29, 1.82) is 0 Å². The fraction of sp³-hybridized carbons (Fsp3) is 0.400. The number of hydrogen-bond acceptors (Lipinski definition) is 7. The van der Waals surface area contributed by atoms with Crippen LogP contribution in [0.25, 0.3) is 0 Å². The van der Waals surface area contributed by atoms with E-state index in [-0.39, 0.29) is 11.9 Å². The van der Waals surface area contributed by atoms with Gasteiger partial charge in [-0.25, -0.2) is 9.18 Å². The quantitative estimate of drug-likeness (QED) is 0.438. The number of Topliss-reactive ketones (excluding diaryl/α,β-unsaturated/α-hetero) is 1. The molecule has 35 heavy (non-hydrogen) atoms. The Morgan fingerprint density at radius 1 is 1.17 bits per heavy atom. The first-order valence-electron chi connectivity index (χ1n) is 11.5. The summed E-state index contributed by atoms with van der Waals surface area (Å²) in [6.07, 6.45) is -0.849. The zero-order valence-electron chi connectivity index (χ0n) is 19.8. The van der Waals surface area contributed by atoms with Crippen LogP contribution in [-0.4, -0.2) is 80.8 Å². The molecule has 2 aromatic rings. The highest BCUT2D eigenvalue weighted by molar-refractivity contribution is 7.80. The number of carbonyl (C=O) groups excluding carboxylic acids is 2. The Labute approximate surface area is 209 Å². The molecular weight excluding hydrogens is 471 g/mol.